The minimum absolute atomic E-state index is 0.0381. The number of ether oxygens (including phenoxy) is 1. The first-order valence-corrected chi connectivity index (χ1v) is 10.9. The van der Waals surface area contributed by atoms with Crippen LogP contribution in [0.25, 0.3) is 0 Å². The third kappa shape index (κ3) is 8.52. The van der Waals surface area contributed by atoms with Crippen LogP contribution in [0.4, 0.5) is 32.0 Å². The molecule has 0 radical (unpaired) electrons. The van der Waals surface area contributed by atoms with Crippen molar-refractivity contribution in [1.29, 1.82) is 0 Å². The molecule has 2 amide bonds. The van der Waals surface area contributed by atoms with E-state index in [1.54, 1.807) is 36.6 Å². The Hall–Kier alpha value is -2.89. The van der Waals surface area contributed by atoms with Gasteiger partial charge in [0, 0.05) is 5.69 Å². The Morgan fingerprint density at radius 1 is 0.970 bits per heavy atom. The number of nitrogens with one attached hydrogen (secondary N) is 2. The lowest BCUT2D eigenvalue weighted by Gasteiger charge is -2.20. The van der Waals surface area contributed by atoms with Gasteiger partial charge in [-0.05, 0) is 48.8 Å². The van der Waals surface area contributed by atoms with E-state index < -0.39 is 53.6 Å². The van der Waals surface area contributed by atoms with Crippen LogP contribution in [0.1, 0.15) is 17.5 Å². The maximum Gasteiger partial charge on any atom is 0.416 e. The molecule has 0 aliphatic rings. The van der Waals surface area contributed by atoms with Crippen molar-refractivity contribution >= 4 is 29.3 Å². The molecule has 2 rings (SSSR count). The van der Waals surface area contributed by atoms with E-state index in [0.717, 1.165) is 0 Å². The molecule has 12 heteroatoms. The maximum absolute atomic E-state index is 13.0. The molecule has 0 aliphatic heterocycles. The maximum atomic E-state index is 13.0. The fraction of sp³-hybridized carbons (Fsp3) is 0.333. The quantitative estimate of drug-likeness (QED) is 0.483. The molecular formula is C21H20F6N2O3S. The number of para-hydroxylation sites is 1. The zero-order valence-electron chi connectivity index (χ0n) is 17.2. The second kappa shape index (κ2) is 11.3. The van der Waals surface area contributed by atoms with Gasteiger partial charge >= 0.3 is 12.4 Å². The Morgan fingerprint density at radius 2 is 1.55 bits per heavy atom. The first-order valence-electron chi connectivity index (χ1n) is 9.46. The molecule has 0 saturated carbocycles. The number of hydrogen-bond donors (Lipinski definition) is 2. The average Bonchev–Trinajstić information content (AvgIpc) is 2.74. The van der Waals surface area contributed by atoms with Gasteiger partial charge < -0.3 is 15.4 Å². The normalized spacial score (nSPS) is 12.7. The second-order valence-electron chi connectivity index (χ2n) is 6.79. The zero-order chi connectivity index (χ0) is 24.6. The highest BCUT2D eigenvalue weighted by Gasteiger charge is 2.37. The van der Waals surface area contributed by atoms with E-state index in [0.29, 0.717) is 23.6 Å². The van der Waals surface area contributed by atoms with Crippen LogP contribution in [-0.2, 0) is 21.9 Å². The van der Waals surface area contributed by atoms with E-state index in [4.69, 9.17) is 4.74 Å². The van der Waals surface area contributed by atoms with Gasteiger partial charge in [-0.15, -0.1) is 0 Å². The van der Waals surface area contributed by atoms with Crippen LogP contribution in [0.3, 0.4) is 0 Å². The number of halogens is 6. The predicted molar refractivity (Wildman–Crippen MR) is 112 cm³/mol. The molecule has 0 spiro atoms. The van der Waals surface area contributed by atoms with E-state index in [-0.39, 0.29) is 12.5 Å². The standard InChI is InChI=1S/C21H20F6N2O3S/c1-33-8-7-17(29-18(30)12-32-16-5-3-2-4-6-16)19(31)28-15-10-13(20(22,23)24)9-14(11-15)21(25,26)27/h2-6,9-11,17H,7-8,12H2,1H3,(H,28,31)(H,29,30). The molecule has 1 atom stereocenters. The molecule has 5 nitrogen and oxygen atoms in total. The number of benzene rings is 2. The minimum Gasteiger partial charge on any atom is -0.484 e. The van der Waals surface area contributed by atoms with Gasteiger partial charge in [0.25, 0.3) is 5.91 Å². The molecule has 0 aromatic heterocycles. The molecule has 0 aliphatic carbocycles. The number of alkyl halides is 6. The summed E-state index contributed by atoms with van der Waals surface area (Å²) in [5.74, 6) is -0.833. The molecule has 2 N–H and O–H groups in total. The fourth-order valence-electron chi connectivity index (χ4n) is 2.66. The van der Waals surface area contributed by atoms with Gasteiger partial charge in [-0.25, -0.2) is 0 Å². The summed E-state index contributed by atoms with van der Waals surface area (Å²) in [6, 6.07) is 7.90. The Bertz CT molecular complexity index is 919. The molecule has 2 aromatic carbocycles. The molecular weight excluding hydrogens is 474 g/mol. The van der Waals surface area contributed by atoms with E-state index in [9.17, 15) is 35.9 Å². The highest BCUT2D eigenvalue weighted by atomic mass is 32.2. The van der Waals surface area contributed by atoms with Crippen molar-refractivity contribution in [3.8, 4) is 5.75 Å². The summed E-state index contributed by atoms with van der Waals surface area (Å²) in [6.45, 7) is -0.436. The molecule has 0 saturated heterocycles. The molecule has 2 aromatic rings. The van der Waals surface area contributed by atoms with E-state index in [2.05, 4.69) is 10.6 Å². The average molecular weight is 494 g/mol. The Labute approximate surface area is 189 Å². The predicted octanol–water partition coefficient (Wildman–Crippen LogP) is 4.98. The summed E-state index contributed by atoms with van der Waals surface area (Å²) in [6.07, 6.45) is -8.28. The third-order valence-electron chi connectivity index (χ3n) is 4.23. The van der Waals surface area contributed by atoms with Crippen LogP contribution in [0, 0.1) is 0 Å². The summed E-state index contributed by atoms with van der Waals surface area (Å²) in [5, 5.41) is 4.45. The van der Waals surface area contributed by atoms with Crippen molar-refractivity contribution in [2.75, 3.05) is 23.9 Å². The number of thioether (sulfide) groups is 1. The largest absolute Gasteiger partial charge is 0.484 e. The lowest BCUT2D eigenvalue weighted by molar-refractivity contribution is -0.143. The first kappa shape index (κ1) is 26.4. The second-order valence-corrected chi connectivity index (χ2v) is 7.77. The van der Waals surface area contributed by atoms with Gasteiger partial charge in [0.05, 0.1) is 11.1 Å². The summed E-state index contributed by atoms with van der Waals surface area (Å²) >= 11 is 1.34. The van der Waals surface area contributed by atoms with Gasteiger partial charge in [-0.1, -0.05) is 18.2 Å². The lowest BCUT2D eigenvalue weighted by atomic mass is 10.1. The number of anilines is 1. The fourth-order valence-corrected chi connectivity index (χ4v) is 3.13. The zero-order valence-corrected chi connectivity index (χ0v) is 18.0. The van der Waals surface area contributed by atoms with Crippen molar-refractivity contribution in [2.24, 2.45) is 0 Å². The number of carbonyl (C=O) groups excluding carboxylic acids is 2. The van der Waals surface area contributed by atoms with Gasteiger partial charge in [0.1, 0.15) is 11.8 Å². The third-order valence-corrected chi connectivity index (χ3v) is 4.87. The first-order chi connectivity index (χ1) is 15.4. The number of rotatable bonds is 9. The molecule has 33 heavy (non-hydrogen) atoms. The van der Waals surface area contributed by atoms with Crippen LogP contribution < -0.4 is 15.4 Å². The number of carbonyl (C=O) groups is 2. The van der Waals surface area contributed by atoms with Crippen LogP contribution >= 0.6 is 11.8 Å². The van der Waals surface area contributed by atoms with Crippen LogP contribution in [0.15, 0.2) is 48.5 Å². The summed E-state index contributed by atoms with van der Waals surface area (Å²) in [7, 11) is 0. The van der Waals surface area contributed by atoms with E-state index in [1.807, 2.05) is 0 Å². The topological polar surface area (TPSA) is 67.4 Å². The van der Waals surface area contributed by atoms with E-state index >= 15 is 0 Å². The number of amides is 2. The van der Waals surface area contributed by atoms with Crippen molar-refractivity contribution in [3.63, 3.8) is 0 Å². The highest BCUT2D eigenvalue weighted by molar-refractivity contribution is 7.98. The number of hydrogen-bond acceptors (Lipinski definition) is 4. The van der Waals surface area contributed by atoms with Gasteiger partial charge in [0.2, 0.25) is 5.91 Å². The van der Waals surface area contributed by atoms with Crippen LogP contribution in [0.2, 0.25) is 0 Å². The molecule has 1 unspecified atom stereocenters. The summed E-state index contributed by atoms with van der Waals surface area (Å²) in [5.41, 5.74) is -3.81. The van der Waals surface area contributed by atoms with E-state index in [1.165, 1.54) is 11.8 Å². The smallest absolute Gasteiger partial charge is 0.416 e. The SMILES string of the molecule is CSCCC(NC(=O)COc1ccccc1)C(=O)Nc1cc(C(F)(F)F)cc(C(F)(F)F)c1. The highest BCUT2D eigenvalue weighted by Crippen LogP contribution is 2.37. The van der Waals surface area contributed by atoms with Gasteiger partial charge in [-0.3, -0.25) is 9.59 Å². The lowest BCUT2D eigenvalue weighted by Crippen LogP contribution is -2.45. The Balaban J connectivity index is 2.16. The molecule has 180 valence electrons. The van der Waals surface area contributed by atoms with Crippen LogP contribution in [-0.4, -0.2) is 36.5 Å². The van der Waals surface area contributed by atoms with Crippen molar-refractivity contribution in [2.45, 2.75) is 24.8 Å². The summed E-state index contributed by atoms with van der Waals surface area (Å²) < 4.78 is 83.5. The molecule has 0 heterocycles. The molecule has 0 fully saturated rings. The van der Waals surface area contributed by atoms with Gasteiger partial charge in [0.15, 0.2) is 6.61 Å². The van der Waals surface area contributed by atoms with Crippen molar-refractivity contribution < 1.29 is 40.7 Å². The molecule has 0 bridgehead atoms. The monoisotopic (exact) mass is 494 g/mol. The minimum atomic E-state index is -5.05. The summed E-state index contributed by atoms with van der Waals surface area (Å²) in [4.78, 5) is 24.8. The van der Waals surface area contributed by atoms with Crippen molar-refractivity contribution in [3.05, 3.63) is 59.7 Å². The Morgan fingerprint density at radius 3 is 2.06 bits per heavy atom. The van der Waals surface area contributed by atoms with Crippen molar-refractivity contribution in [1.82, 2.24) is 5.32 Å². The van der Waals surface area contributed by atoms with Gasteiger partial charge in [-0.2, -0.15) is 38.1 Å². The van der Waals surface area contributed by atoms with Crippen LogP contribution in [0.5, 0.6) is 5.75 Å². The Kier molecular flexibility index (Phi) is 9.03.